The molecule has 188 valence electrons. The minimum Gasteiger partial charge on any atom is -0.368 e. The minimum absolute atomic E-state index is 0.0433. The Kier molecular flexibility index (Phi) is 6.68. The van der Waals surface area contributed by atoms with Gasteiger partial charge in [-0.1, -0.05) is 71.8 Å². The van der Waals surface area contributed by atoms with E-state index in [2.05, 4.69) is 9.80 Å². The van der Waals surface area contributed by atoms with Crippen LogP contribution in [0.5, 0.6) is 0 Å². The summed E-state index contributed by atoms with van der Waals surface area (Å²) in [5.74, 6) is 0. The SMILES string of the molecule is Cc1cccc(CN2C(=O)N(Cc3ccccc3)c3cc(Cl)cc(N4CCN(C)CC4)c3S2(=O)=O)c1. The molecule has 0 atom stereocenters. The van der Waals surface area contributed by atoms with E-state index in [-0.39, 0.29) is 18.0 Å². The Labute approximate surface area is 217 Å². The Morgan fingerprint density at radius 1 is 0.833 bits per heavy atom. The minimum atomic E-state index is -4.15. The molecule has 9 heteroatoms. The molecule has 0 radical (unpaired) electrons. The fraction of sp³-hybridized carbons (Fsp3) is 0.296. The van der Waals surface area contributed by atoms with Crippen LogP contribution in [0.3, 0.4) is 0 Å². The van der Waals surface area contributed by atoms with E-state index < -0.39 is 16.1 Å². The third kappa shape index (κ3) is 4.68. The molecule has 2 heterocycles. The van der Waals surface area contributed by atoms with Crippen molar-refractivity contribution in [3.8, 4) is 0 Å². The molecule has 0 saturated carbocycles. The second-order valence-corrected chi connectivity index (χ2v) is 11.7. The summed E-state index contributed by atoms with van der Waals surface area (Å²) in [6, 6.07) is 19.9. The number of nitrogens with zero attached hydrogens (tertiary/aromatic N) is 4. The Hall–Kier alpha value is -3.07. The predicted molar refractivity (Wildman–Crippen MR) is 143 cm³/mol. The van der Waals surface area contributed by atoms with Gasteiger partial charge in [-0.25, -0.2) is 17.5 Å². The van der Waals surface area contributed by atoms with Crippen LogP contribution in [0.1, 0.15) is 16.7 Å². The zero-order valence-electron chi connectivity index (χ0n) is 20.4. The maximum Gasteiger partial charge on any atom is 0.339 e. The summed E-state index contributed by atoms with van der Waals surface area (Å²) in [4.78, 5) is 19.8. The average molecular weight is 525 g/mol. The summed E-state index contributed by atoms with van der Waals surface area (Å²) in [7, 11) is -2.10. The van der Waals surface area contributed by atoms with Gasteiger partial charge < -0.3 is 9.80 Å². The number of likely N-dealkylation sites (N-methyl/N-ethyl adjacent to an activating group) is 1. The van der Waals surface area contributed by atoms with Crippen LogP contribution in [0.2, 0.25) is 5.02 Å². The van der Waals surface area contributed by atoms with E-state index in [0.29, 0.717) is 29.5 Å². The monoisotopic (exact) mass is 524 g/mol. The van der Waals surface area contributed by atoms with Crippen LogP contribution < -0.4 is 9.80 Å². The highest BCUT2D eigenvalue weighted by atomic mass is 35.5. The summed E-state index contributed by atoms with van der Waals surface area (Å²) in [5.41, 5.74) is 3.52. The van der Waals surface area contributed by atoms with E-state index in [1.807, 2.05) is 68.6 Å². The lowest BCUT2D eigenvalue weighted by atomic mass is 10.1. The Balaban J connectivity index is 1.66. The van der Waals surface area contributed by atoms with Crippen molar-refractivity contribution in [3.63, 3.8) is 0 Å². The maximum atomic E-state index is 14.1. The molecule has 3 aromatic rings. The molecule has 0 aromatic heterocycles. The van der Waals surface area contributed by atoms with Crippen LogP contribution in [-0.2, 0) is 23.1 Å². The highest BCUT2D eigenvalue weighted by Crippen LogP contribution is 2.44. The first-order chi connectivity index (χ1) is 17.2. The number of carbonyl (C=O) groups is 1. The number of aryl methyl sites for hydroxylation is 1. The first kappa shape index (κ1) is 24.6. The van der Waals surface area contributed by atoms with E-state index in [4.69, 9.17) is 11.6 Å². The lowest BCUT2D eigenvalue weighted by Gasteiger charge is -2.40. The molecule has 2 amide bonds. The molecule has 2 aliphatic heterocycles. The Morgan fingerprint density at radius 2 is 1.50 bits per heavy atom. The van der Waals surface area contributed by atoms with Crippen LogP contribution in [0.25, 0.3) is 0 Å². The molecular weight excluding hydrogens is 496 g/mol. The number of carbonyl (C=O) groups excluding carboxylic acids is 1. The molecule has 0 unspecified atom stereocenters. The van der Waals surface area contributed by atoms with Gasteiger partial charge in [-0.05, 0) is 37.2 Å². The maximum absolute atomic E-state index is 14.1. The summed E-state index contributed by atoms with van der Waals surface area (Å²) >= 11 is 6.54. The van der Waals surface area contributed by atoms with Crippen molar-refractivity contribution in [2.75, 3.05) is 43.0 Å². The molecule has 0 aliphatic carbocycles. The molecule has 36 heavy (non-hydrogen) atoms. The van der Waals surface area contributed by atoms with Gasteiger partial charge in [0.05, 0.1) is 24.5 Å². The number of fused-ring (bicyclic) bond motifs is 1. The zero-order valence-corrected chi connectivity index (χ0v) is 22.0. The number of hydrogen-bond donors (Lipinski definition) is 0. The summed E-state index contributed by atoms with van der Waals surface area (Å²) < 4.78 is 29.3. The van der Waals surface area contributed by atoms with Crippen molar-refractivity contribution in [1.29, 1.82) is 0 Å². The molecule has 1 saturated heterocycles. The fourth-order valence-corrected chi connectivity index (χ4v) is 6.75. The number of amides is 2. The van der Waals surface area contributed by atoms with Crippen LogP contribution in [-0.4, -0.2) is 56.9 Å². The standard InChI is InChI=1S/C27H29ClN4O3S/c1-20-7-6-10-22(15-20)19-32-27(33)31(18-21-8-4-3-5-9-21)25-17-23(28)16-24(26(25)36(32,34)35)30-13-11-29(2)12-14-30/h3-10,15-17H,11-14,18-19H2,1-2H3. The second kappa shape index (κ2) is 9.76. The summed E-state index contributed by atoms with van der Waals surface area (Å²) in [6.07, 6.45) is 0. The molecular formula is C27H29ClN4O3S. The Morgan fingerprint density at radius 3 is 2.19 bits per heavy atom. The van der Waals surface area contributed by atoms with Gasteiger partial charge >= 0.3 is 6.03 Å². The predicted octanol–water partition coefficient (Wildman–Crippen LogP) is 4.73. The van der Waals surface area contributed by atoms with Gasteiger partial charge in [0.15, 0.2) is 0 Å². The number of hydrogen-bond acceptors (Lipinski definition) is 5. The first-order valence-electron chi connectivity index (χ1n) is 11.9. The summed E-state index contributed by atoms with van der Waals surface area (Å²) in [5, 5.41) is 0.399. The molecule has 1 fully saturated rings. The van der Waals surface area contributed by atoms with Gasteiger partial charge in [-0.15, -0.1) is 0 Å². The molecule has 3 aromatic carbocycles. The molecule has 7 nitrogen and oxygen atoms in total. The van der Waals surface area contributed by atoms with Crippen molar-refractivity contribution in [2.24, 2.45) is 0 Å². The number of rotatable bonds is 5. The van der Waals surface area contributed by atoms with E-state index in [1.165, 1.54) is 4.90 Å². The van der Waals surface area contributed by atoms with Gasteiger partial charge in [0.2, 0.25) is 0 Å². The number of benzene rings is 3. The van der Waals surface area contributed by atoms with Crippen molar-refractivity contribution >= 4 is 39.0 Å². The van der Waals surface area contributed by atoms with Gasteiger partial charge in [-0.3, -0.25) is 4.90 Å². The number of anilines is 2. The molecule has 0 spiro atoms. The van der Waals surface area contributed by atoms with Crippen LogP contribution >= 0.6 is 11.6 Å². The number of piperazine rings is 1. The van der Waals surface area contributed by atoms with Gasteiger partial charge in [0, 0.05) is 31.2 Å². The van der Waals surface area contributed by atoms with Crippen LogP contribution in [0, 0.1) is 6.92 Å². The number of urea groups is 1. The quantitative estimate of drug-likeness (QED) is 0.483. The van der Waals surface area contributed by atoms with Gasteiger partial charge in [0.1, 0.15) is 4.90 Å². The van der Waals surface area contributed by atoms with Crippen molar-refractivity contribution in [3.05, 3.63) is 88.4 Å². The Bertz CT molecular complexity index is 1390. The highest BCUT2D eigenvalue weighted by Gasteiger charge is 2.44. The largest absolute Gasteiger partial charge is 0.368 e. The third-order valence-corrected chi connectivity index (χ3v) is 8.75. The molecule has 2 aliphatic rings. The molecule has 0 bridgehead atoms. The number of halogens is 1. The second-order valence-electron chi connectivity index (χ2n) is 9.42. The van der Waals surface area contributed by atoms with Gasteiger partial charge in [-0.2, -0.15) is 0 Å². The van der Waals surface area contributed by atoms with Crippen molar-refractivity contribution in [2.45, 2.75) is 24.9 Å². The van der Waals surface area contributed by atoms with E-state index >= 15 is 0 Å². The molecule has 0 N–H and O–H groups in total. The van der Waals surface area contributed by atoms with E-state index in [0.717, 1.165) is 34.1 Å². The normalized spacial score (nSPS) is 17.9. The van der Waals surface area contributed by atoms with Crippen LogP contribution in [0.4, 0.5) is 16.2 Å². The molecule has 5 rings (SSSR count). The fourth-order valence-electron chi connectivity index (χ4n) is 4.81. The van der Waals surface area contributed by atoms with Crippen LogP contribution in [0.15, 0.2) is 71.6 Å². The lowest BCUT2D eigenvalue weighted by Crippen LogP contribution is -2.51. The lowest BCUT2D eigenvalue weighted by molar-refractivity contribution is 0.226. The van der Waals surface area contributed by atoms with E-state index in [1.54, 1.807) is 12.1 Å². The number of sulfonamides is 1. The topological polar surface area (TPSA) is 64.2 Å². The van der Waals surface area contributed by atoms with Crippen molar-refractivity contribution in [1.82, 2.24) is 9.21 Å². The van der Waals surface area contributed by atoms with Gasteiger partial charge in [0.25, 0.3) is 10.0 Å². The van der Waals surface area contributed by atoms with E-state index in [9.17, 15) is 13.2 Å². The summed E-state index contributed by atoms with van der Waals surface area (Å²) in [6.45, 7) is 5.09. The smallest absolute Gasteiger partial charge is 0.339 e. The third-order valence-electron chi connectivity index (χ3n) is 6.73. The first-order valence-corrected chi connectivity index (χ1v) is 13.8. The average Bonchev–Trinajstić information content (AvgIpc) is 2.85. The van der Waals surface area contributed by atoms with Crippen molar-refractivity contribution < 1.29 is 13.2 Å². The zero-order chi connectivity index (χ0) is 25.4. The highest BCUT2D eigenvalue weighted by molar-refractivity contribution is 7.90.